The van der Waals surface area contributed by atoms with Gasteiger partial charge in [-0.25, -0.2) is 0 Å². The standard InChI is InChI=1S/C24H27O6S.C2H4O2/c1-25-16-7-17(26-2)11-22(10-16)31(23-12-18(27-3)8-19(13-23)28-4)24-14-20(29-5)9-21(15-24)30-6;1-2(3)4/h7-15H,1-6H3;1H3,(H,3,4)/q+1;/p-1. The fourth-order valence-electron chi connectivity index (χ4n) is 3.11. The van der Waals surface area contributed by atoms with Crippen molar-refractivity contribution in [2.24, 2.45) is 0 Å². The van der Waals surface area contributed by atoms with Crippen LogP contribution >= 0.6 is 0 Å². The minimum Gasteiger partial charge on any atom is -0.550 e. The Morgan fingerprint density at radius 2 is 0.686 bits per heavy atom. The number of methoxy groups -OCH3 is 6. The van der Waals surface area contributed by atoms with Gasteiger partial charge in [0.25, 0.3) is 0 Å². The Bertz CT molecular complexity index is 930. The zero-order valence-electron chi connectivity index (χ0n) is 20.9. The smallest absolute Gasteiger partial charge is 0.173 e. The summed E-state index contributed by atoms with van der Waals surface area (Å²) in [5, 5.41) is 8.89. The molecule has 0 spiro atoms. The van der Waals surface area contributed by atoms with Crippen LogP contribution in [-0.4, -0.2) is 48.6 Å². The number of carbonyl (C=O) groups is 1. The number of hydrogen-bond donors (Lipinski definition) is 0. The van der Waals surface area contributed by atoms with Crippen LogP contribution in [0.5, 0.6) is 34.5 Å². The van der Waals surface area contributed by atoms with E-state index in [1.807, 2.05) is 54.6 Å². The van der Waals surface area contributed by atoms with Crippen molar-refractivity contribution < 1.29 is 38.3 Å². The Kier molecular flexibility index (Phi) is 10.4. The average molecular weight is 503 g/mol. The topological polar surface area (TPSA) is 95.5 Å². The van der Waals surface area contributed by atoms with Gasteiger partial charge < -0.3 is 38.3 Å². The van der Waals surface area contributed by atoms with E-state index in [-0.39, 0.29) is 0 Å². The van der Waals surface area contributed by atoms with E-state index < -0.39 is 16.9 Å². The monoisotopic (exact) mass is 502 g/mol. The van der Waals surface area contributed by atoms with Crippen molar-refractivity contribution in [1.82, 2.24) is 0 Å². The van der Waals surface area contributed by atoms with Gasteiger partial charge in [0.15, 0.2) is 14.7 Å². The highest BCUT2D eigenvalue weighted by atomic mass is 32.2. The number of benzene rings is 3. The zero-order chi connectivity index (χ0) is 26.0. The lowest BCUT2D eigenvalue weighted by molar-refractivity contribution is -0.302. The first-order chi connectivity index (χ1) is 16.8. The molecule has 0 aromatic heterocycles. The Morgan fingerprint density at radius 3 is 0.829 bits per heavy atom. The Balaban J connectivity index is 0.00000100. The third-order valence-electron chi connectivity index (χ3n) is 4.68. The van der Waals surface area contributed by atoms with Gasteiger partial charge in [0, 0.05) is 60.6 Å². The predicted octanol–water partition coefficient (Wildman–Crippen LogP) is 3.59. The van der Waals surface area contributed by atoms with Gasteiger partial charge in [0.2, 0.25) is 0 Å². The quantitative estimate of drug-likeness (QED) is 0.410. The van der Waals surface area contributed by atoms with Crippen LogP contribution in [0.15, 0.2) is 69.3 Å². The number of ether oxygens (including phenoxy) is 6. The molecule has 3 aromatic carbocycles. The van der Waals surface area contributed by atoms with Gasteiger partial charge in [-0.05, 0) is 6.92 Å². The number of rotatable bonds is 9. The van der Waals surface area contributed by atoms with E-state index in [1.54, 1.807) is 42.7 Å². The van der Waals surface area contributed by atoms with Crippen molar-refractivity contribution in [3.8, 4) is 34.5 Å². The average Bonchev–Trinajstić information content (AvgIpc) is 2.87. The second kappa shape index (κ2) is 13.2. The van der Waals surface area contributed by atoms with Gasteiger partial charge >= 0.3 is 0 Å². The Labute approximate surface area is 208 Å². The van der Waals surface area contributed by atoms with E-state index in [9.17, 15) is 0 Å². The maximum Gasteiger partial charge on any atom is 0.173 e. The van der Waals surface area contributed by atoms with Crippen LogP contribution in [0.1, 0.15) is 6.92 Å². The lowest BCUT2D eigenvalue weighted by Gasteiger charge is -2.14. The van der Waals surface area contributed by atoms with E-state index in [0.29, 0.717) is 34.5 Å². The molecule has 0 aliphatic carbocycles. The van der Waals surface area contributed by atoms with Gasteiger partial charge in [-0.1, -0.05) is 0 Å². The summed E-state index contributed by atoms with van der Waals surface area (Å²) in [6.07, 6.45) is 0. The highest BCUT2D eigenvalue weighted by Crippen LogP contribution is 2.40. The second-order valence-electron chi connectivity index (χ2n) is 6.94. The van der Waals surface area contributed by atoms with Crippen LogP contribution in [0.25, 0.3) is 0 Å². The van der Waals surface area contributed by atoms with E-state index in [0.717, 1.165) is 21.6 Å². The molecular weight excluding hydrogens is 472 g/mol. The fraction of sp³-hybridized carbons (Fsp3) is 0.269. The van der Waals surface area contributed by atoms with Gasteiger partial charge in [0.05, 0.1) is 42.7 Å². The fourth-order valence-corrected chi connectivity index (χ4v) is 5.33. The summed E-state index contributed by atoms with van der Waals surface area (Å²) in [4.78, 5) is 11.9. The number of aliphatic carboxylic acids is 1. The van der Waals surface area contributed by atoms with Crippen molar-refractivity contribution in [1.29, 1.82) is 0 Å². The first-order valence-corrected chi connectivity index (χ1v) is 11.6. The molecule has 0 aliphatic heterocycles. The molecule has 8 nitrogen and oxygen atoms in total. The van der Waals surface area contributed by atoms with Crippen LogP contribution in [0.4, 0.5) is 0 Å². The maximum absolute atomic E-state index is 8.89. The Morgan fingerprint density at radius 1 is 0.514 bits per heavy atom. The van der Waals surface area contributed by atoms with Crippen LogP contribution in [0, 0.1) is 0 Å². The molecule has 0 aliphatic rings. The van der Waals surface area contributed by atoms with E-state index >= 15 is 0 Å². The van der Waals surface area contributed by atoms with E-state index in [1.165, 1.54) is 0 Å². The number of carbonyl (C=O) groups excluding carboxylic acids is 1. The molecule has 188 valence electrons. The van der Waals surface area contributed by atoms with Crippen molar-refractivity contribution >= 4 is 16.9 Å². The van der Waals surface area contributed by atoms with Gasteiger partial charge in [-0.2, -0.15) is 0 Å². The molecular formula is C26H30O8S. The van der Waals surface area contributed by atoms with Crippen molar-refractivity contribution in [2.45, 2.75) is 21.6 Å². The zero-order valence-corrected chi connectivity index (χ0v) is 21.7. The molecule has 0 heterocycles. The normalized spacial score (nSPS) is 10.1. The minimum atomic E-state index is -1.08. The summed E-state index contributed by atoms with van der Waals surface area (Å²) in [6, 6.07) is 17.6. The third kappa shape index (κ3) is 7.65. The highest BCUT2D eigenvalue weighted by molar-refractivity contribution is 7.97. The van der Waals surface area contributed by atoms with Crippen LogP contribution in [0.2, 0.25) is 0 Å². The summed E-state index contributed by atoms with van der Waals surface area (Å²) >= 11 is 0. The van der Waals surface area contributed by atoms with Gasteiger partial charge in [-0.3, -0.25) is 0 Å². The molecule has 0 saturated heterocycles. The molecule has 0 saturated carbocycles. The van der Waals surface area contributed by atoms with Crippen LogP contribution in [0.3, 0.4) is 0 Å². The molecule has 3 aromatic rings. The SMILES string of the molecule is CC(=O)[O-].COc1cc(OC)cc([S+](c2cc(OC)cc(OC)c2)c2cc(OC)cc(OC)c2)c1. The molecule has 0 atom stereocenters. The lowest BCUT2D eigenvalue weighted by atomic mass is 10.3. The summed E-state index contributed by atoms with van der Waals surface area (Å²) in [5.41, 5.74) is 0. The first-order valence-electron chi connectivity index (χ1n) is 10.4. The summed E-state index contributed by atoms with van der Waals surface area (Å²) in [6.45, 7) is 0.972. The van der Waals surface area contributed by atoms with Crippen LogP contribution < -0.4 is 33.5 Å². The maximum atomic E-state index is 8.89. The molecule has 35 heavy (non-hydrogen) atoms. The van der Waals surface area contributed by atoms with Crippen molar-refractivity contribution in [3.63, 3.8) is 0 Å². The van der Waals surface area contributed by atoms with Crippen LogP contribution in [-0.2, 0) is 15.7 Å². The second-order valence-corrected chi connectivity index (χ2v) is 8.97. The molecule has 3 rings (SSSR count). The molecule has 0 bridgehead atoms. The van der Waals surface area contributed by atoms with E-state index in [4.69, 9.17) is 38.3 Å². The molecule has 0 radical (unpaired) electrons. The number of carboxylic acids is 1. The Hall–Kier alpha value is -3.72. The highest BCUT2D eigenvalue weighted by Gasteiger charge is 2.33. The van der Waals surface area contributed by atoms with Crippen molar-refractivity contribution in [2.75, 3.05) is 42.7 Å². The predicted molar refractivity (Wildman–Crippen MR) is 131 cm³/mol. The summed E-state index contributed by atoms with van der Waals surface area (Å²) < 4.78 is 33.1. The van der Waals surface area contributed by atoms with E-state index in [2.05, 4.69) is 0 Å². The largest absolute Gasteiger partial charge is 0.550 e. The molecule has 0 unspecified atom stereocenters. The lowest BCUT2D eigenvalue weighted by Crippen LogP contribution is -2.16. The summed E-state index contributed by atoms with van der Waals surface area (Å²) in [5.74, 6) is 3.15. The van der Waals surface area contributed by atoms with Gasteiger partial charge in [0.1, 0.15) is 45.4 Å². The number of carboxylic acid groups (broad SMARTS) is 1. The molecule has 9 heteroatoms. The van der Waals surface area contributed by atoms with Crippen molar-refractivity contribution in [3.05, 3.63) is 54.6 Å². The first kappa shape index (κ1) is 27.5. The molecule has 0 amide bonds. The summed E-state index contributed by atoms with van der Waals surface area (Å²) in [7, 11) is 9.27. The minimum absolute atomic E-state index is 0.566. The molecule has 0 fully saturated rings. The molecule has 0 N–H and O–H groups in total. The number of hydrogen-bond acceptors (Lipinski definition) is 8. The van der Waals surface area contributed by atoms with Gasteiger partial charge in [-0.15, -0.1) is 0 Å². The third-order valence-corrected chi connectivity index (χ3v) is 6.80.